The van der Waals surface area contributed by atoms with E-state index in [0.29, 0.717) is 11.4 Å². The molecule has 0 atom stereocenters. The van der Waals surface area contributed by atoms with Gasteiger partial charge < -0.3 is 9.47 Å². The summed E-state index contributed by atoms with van der Waals surface area (Å²) in [6.07, 6.45) is -2.29. The Kier molecular flexibility index (Phi) is 5.17. The fraction of sp³-hybridized carbons (Fsp3) is 0.409. The zero-order valence-electron chi connectivity index (χ0n) is 17.2. The summed E-state index contributed by atoms with van der Waals surface area (Å²) in [7, 11) is 1.87. The lowest BCUT2D eigenvalue weighted by Gasteiger charge is -2.26. The minimum absolute atomic E-state index is 0.265. The highest BCUT2D eigenvalue weighted by atomic mass is 19.4. The molecule has 2 aromatic heterocycles. The van der Waals surface area contributed by atoms with Gasteiger partial charge in [-0.2, -0.15) is 13.2 Å². The third-order valence-corrected chi connectivity index (χ3v) is 5.07. The number of halogens is 3. The second-order valence-corrected chi connectivity index (χ2v) is 7.54. The van der Waals surface area contributed by atoms with Crippen molar-refractivity contribution in [3.63, 3.8) is 0 Å². The predicted octanol–water partition coefficient (Wildman–Crippen LogP) is 5.86. The number of aryl methyl sites for hydroxylation is 5. The molecule has 0 spiro atoms. The molecule has 0 aliphatic rings. The van der Waals surface area contributed by atoms with Gasteiger partial charge in [0.15, 0.2) is 0 Å². The van der Waals surface area contributed by atoms with E-state index in [-0.39, 0.29) is 6.54 Å². The molecular weight excluding hydrogens is 363 g/mol. The number of hydrogen-bond donors (Lipinski definition) is 0. The number of rotatable bonds is 4. The van der Waals surface area contributed by atoms with E-state index >= 15 is 0 Å². The van der Waals surface area contributed by atoms with Gasteiger partial charge in [-0.05, 0) is 57.4 Å². The quantitative estimate of drug-likeness (QED) is 0.557. The van der Waals surface area contributed by atoms with E-state index in [2.05, 4.69) is 32.9 Å². The van der Waals surface area contributed by atoms with Gasteiger partial charge in [-0.1, -0.05) is 17.7 Å². The molecule has 28 heavy (non-hydrogen) atoms. The smallest absolute Gasteiger partial charge is 0.361 e. The Bertz CT molecular complexity index is 1010. The molecule has 0 bridgehead atoms. The van der Waals surface area contributed by atoms with E-state index in [0.717, 1.165) is 33.3 Å². The van der Waals surface area contributed by atoms with Gasteiger partial charge in [0.05, 0.1) is 16.7 Å². The van der Waals surface area contributed by atoms with Gasteiger partial charge in [-0.25, -0.2) is 0 Å². The number of pyridine rings is 1. The summed E-state index contributed by atoms with van der Waals surface area (Å²) in [4.78, 5) is 6.09. The van der Waals surface area contributed by atoms with Crippen LogP contribution in [0.5, 0.6) is 0 Å². The molecule has 3 aromatic rings. The number of hydrogen-bond acceptors (Lipinski definition) is 2. The number of benzene rings is 1. The first-order chi connectivity index (χ1) is 13.0. The number of aromatic nitrogens is 2. The van der Waals surface area contributed by atoms with Gasteiger partial charge in [0.1, 0.15) is 6.54 Å². The predicted molar refractivity (Wildman–Crippen MR) is 109 cm³/mol. The van der Waals surface area contributed by atoms with Crippen molar-refractivity contribution in [1.29, 1.82) is 0 Å². The Labute approximate surface area is 163 Å². The van der Waals surface area contributed by atoms with Crippen LogP contribution in [0.2, 0.25) is 0 Å². The Morgan fingerprint density at radius 2 is 1.64 bits per heavy atom. The summed E-state index contributed by atoms with van der Waals surface area (Å²) in [6, 6.07) is 6.00. The molecule has 0 N–H and O–H groups in total. The van der Waals surface area contributed by atoms with Crippen molar-refractivity contribution < 1.29 is 13.2 Å². The zero-order chi connectivity index (χ0) is 20.8. The molecule has 6 heteroatoms. The lowest BCUT2D eigenvalue weighted by molar-refractivity contribution is -0.119. The van der Waals surface area contributed by atoms with Crippen LogP contribution in [-0.2, 0) is 7.05 Å². The summed E-state index contributed by atoms with van der Waals surface area (Å²) in [5.74, 6) is 0. The van der Waals surface area contributed by atoms with Crippen LogP contribution in [0.4, 0.5) is 18.9 Å². The normalized spacial score (nSPS) is 12.0. The molecule has 0 saturated carbocycles. The third-order valence-electron chi connectivity index (χ3n) is 5.07. The van der Waals surface area contributed by atoms with Gasteiger partial charge >= 0.3 is 6.18 Å². The van der Waals surface area contributed by atoms with Crippen LogP contribution in [-0.4, -0.2) is 28.8 Å². The Morgan fingerprint density at radius 3 is 2.18 bits per heavy atom. The highest BCUT2D eigenvalue weighted by molar-refractivity contribution is 6.01. The number of anilines is 1. The van der Waals surface area contributed by atoms with Crippen LogP contribution in [0.25, 0.3) is 22.2 Å². The standard InChI is InChI=1S/C22H26F3N3/c1-7-28(12-22(23,24)25)18-10-16(5)26-20-17(11-27(6)21(18)20)19-14(3)8-13(2)9-15(19)4/h8-11H,7,12H2,1-6H3. The fourth-order valence-corrected chi connectivity index (χ4v) is 4.12. The maximum absolute atomic E-state index is 13.1. The van der Waals surface area contributed by atoms with Gasteiger partial charge in [-0.15, -0.1) is 0 Å². The van der Waals surface area contributed by atoms with Crippen LogP contribution in [0.15, 0.2) is 24.4 Å². The monoisotopic (exact) mass is 389 g/mol. The first kappa shape index (κ1) is 20.2. The molecule has 0 saturated heterocycles. The zero-order valence-corrected chi connectivity index (χ0v) is 17.2. The Balaban J connectivity index is 2.30. The molecule has 150 valence electrons. The van der Waals surface area contributed by atoms with Crippen molar-refractivity contribution in [3.05, 3.63) is 46.8 Å². The van der Waals surface area contributed by atoms with E-state index in [1.54, 1.807) is 13.0 Å². The van der Waals surface area contributed by atoms with Crippen molar-refractivity contribution in [2.75, 3.05) is 18.0 Å². The maximum atomic E-state index is 13.1. The topological polar surface area (TPSA) is 21.1 Å². The van der Waals surface area contributed by atoms with Crippen LogP contribution in [0.1, 0.15) is 29.3 Å². The number of nitrogens with zero attached hydrogens (tertiary/aromatic N) is 3. The van der Waals surface area contributed by atoms with Crippen molar-refractivity contribution in [2.45, 2.75) is 40.8 Å². The molecule has 0 amide bonds. The van der Waals surface area contributed by atoms with Gasteiger partial charge in [-0.3, -0.25) is 4.98 Å². The molecule has 3 rings (SSSR count). The van der Waals surface area contributed by atoms with Crippen LogP contribution < -0.4 is 4.90 Å². The minimum atomic E-state index is -4.27. The number of alkyl halides is 3. The molecule has 0 aliphatic heterocycles. The van der Waals surface area contributed by atoms with Crippen LogP contribution >= 0.6 is 0 Å². The molecule has 0 fully saturated rings. The highest BCUT2D eigenvalue weighted by Gasteiger charge is 2.31. The molecular formula is C22H26F3N3. The van der Waals surface area contributed by atoms with E-state index in [1.807, 2.05) is 24.7 Å². The van der Waals surface area contributed by atoms with E-state index in [9.17, 15) is 13.2 Å². The second-order valence-electron chi connectivity index (χ2n) is 7.54. The second kappa shape index (κ2) is 7.15. The third kappa shape index (κ3) is 3.73. The first-order valence-corrected chi connectivity index (χ1v) is 9.38. The molecule has 1 aromatic carbocycles. The summed E-state index contributed by atoms with van der Waals surface area (Å²) in [5.41, 5.74) is 8.26. The average molecular weight is 389 g/mol. The van der Waals surface area contributed by atoms with Crippen LogP contribution in [0, 0.1) is 27.7 Å². The van der Waals surface area contributed by atoms with E-state index in [4.69, 9.17) is 4.98 Å². The van der Waals surface area contributed by atoms with E-state index < -0.39 is 12.7 Å². The molecule has 2 heterocycles. The highest BCUT2D eigenvalue weighted by Crippen LogP contribution is 2.38. The van der Waals surface area contributed by atoms with Crippen molar-refractivity contribution in [1.82, 2.24) is 9.55 Å². The molecule has 0 radical (unpaired) electrons. The van der Waals surface area contributed by atoms with Crippen molar-refractivity contribution in [3.8, 4) is 11.1 Å². The van der Waals surface area contributed by atoms with Gasteiger partial charge in [0, 0.05) is 31.0 Å². The van der Waals surface area contributed by atoms with Crippen molar-refractivity contribution in [2.24, 2.45) is 7.05 Å². The minimum Gasteiger partial charge on any atom is -0.361 e. The Hall–Kier alpha value is -2.50. The van der Waals surface area contributed by atoms with Gasteiger partial charge in [0.25, 0.3) is 0 Å². The SMILES string of the molecule is CCN(CC(F)(F)F)c1cc(C)nc2c(-c3c(C)cc(C)cc3C)cn(C)c12. The summed E-state index contributed by atoms with van der Waals surface area (Å²) < 4.78 is 41.3. The molecule has 3 nitrogen and oxygen atoms in total. The largest absolute Gasteiger partial charge is 0.405 e. The average Bonchev–Trinajstić information content (AvgIpc) is 2.86. The Morgan fingerprint density at radius 1 is 1.04 bits per heavy atom. The molecule has 0 unspecified atom stereocenters. The van der Waals surface area contributed by atoms with Crippen LogP contribution in [0.3, 0.4) is 0 Å². The lowest BCUT2D eigenvalue weighted by atomic mass is 9.94. The first-order valence-electron chi connectivity index (χ1n) is 9.38. The number of fused-ring (bicyclic) bond motifs is 1. The molecule has 0 aliphatic carbocycles. The summed E-state index contributed by atoms with van der Waals surface area (Å²) in [6.45, 7) is 9.04. The lowest BCUT2D eigenvalue weighted by Crippen LogP contribution is -2.34. The van der Waals surface area contributed by atoms with E-state index in [1.165, 1.54) is 10.5 Å². The van der Waals surface area contributed by atoms with Crippen molar-refractivity contribution >= 4 is 16.7 Å². The fourth-order valence-electron chi connectivity index (χ4n) is 4.12. The maximum Gasteiger partial charge on any atom is 0.405 e. The summed E-state index contributed by atoms with van der Waals surface area (Å²) in [5, 5.41) is 0. The van der Waals surface area contributed by atoms with Gasteiger partial charge in [0.2, 0.25) is 0 Å². The summed E-state index contributed by atoms with van der Waals surface area (Å²) >= 11 is 0.